The van der Waals surface area contributed by atoms with E-state index in [4.69, 9.17) is 9.97 Å². The highest BCUT2D eigenvalue weighted by molar-refractivity contribution is 5.90. The molecule has 0 N–H and O–H groups in total. The summed E-state index contributed by atoms with van der Waals surface area (Å²) in [5.74, 6) is 0.689. The number of nitrogens with zero attached hydrogens (tertiary/aromatic N) is 3. The Bertz CT molecular complexity index is 2830. The summed E-state index contributed by atoms with van der Waals surface area (Å²) >= 11 is 0. The Morgan fingerprint density at radius 1 is 0.351 bits per heavy atom. The largest absolute Gasteiger partial charge is 0.228 e. The lowest BCUT2D eigenvalue weighted by Crippen LogP contribution is -2.28. The topological polar surface area (TPSA) is 49.6 Å². The smallest absolute Gasteiger partial charge is 0.160 e. The van der Waals surface area contributed by atoms with Crippen molar-refractivity contribution in [2.75, 3.05) is 0 Å². The molecule has 0 unspecified atom stereocenters. The van der Waals surface area contributed by atoms with Crippen molar-refractivity contribution < 1.29 is 0 Å². The summed E-state index contributed by atoms with van der Waals surface area (Å²) in [4.78, 5) is 10.1. The number of rotatable bonds is 7. The van der Waals surface area contributed by atoms with Gasteiger partial charge in [0.2, 0.25) is 0 Å². The summed E-state index contributed by atoms with van der Waals surface area (Å²) in [5, 5.41) is 9.71. The fraction of sp³-hybridized carbons (Fsp3) is 0.0185. The predicted molar refractivity (Wildman–Crippen MR) is 231 cm³/mol. The number of hydrogen-bond acceptors (Lipinski definition) is 3. The molecule has 266 valence electrons. The standard InChI is InChI=1S/C54H35N3/c55-36-37-14-13-19-42(32-37)44-29-31-48-47-30-28-43(33-49(47)54(50(48)34-44,45-20-9-3-10-21-45)46-22-11-4-12-23-46)38-24-26-41(27-25-38)53-56-51(39-15-5-1-6-16-39)35-52(57-53)40-17-7-2-8-18-40/h1-35H. The molecule has 1 aliphatic rings. The summed E-state index contributed by atoms with van der Waals surface area (Å²) in [7, 11) is 0. The highest BCUT2D eigenvalue weighted by atomic mass is 14.9. The number of hydrogen-bond donors (Lipinski definition) is 0. The average molecular weight is 726 g/mol. The molecule has 10 rings (SSSR count). The Balaban J connectivity index is 1.11. The van der Waals surface area contributed by atoms with Gasteiger partial charge in [-0.15, -0.1) is 0 Å². The van der Waals surface area contributed by atoms with Crippen LogP contribution >= 0.6 is 0 Å². The minimum absolute atomic E-state index is 0.578. The maximum absolute atomic E-state index is 9.71. The fourth-order valence-corrected chi connectivity index (χ4v) is 8.52. The zero-order valence-corrected chi connectivity index (χ0v) is 31.0. The molecule has 0 spiro atoms. The van der Waals surface area contributed by atoms with Crippen molar-refractivity contribution in [2.24, 2.45) is 0 Å². The minimum Gasteiger partial charge on any atom is -0.228 e. The zero-order valence-electron chi connectivity index (χ0n) is 31.0. The Morgan fingerprint density at radius 3 is 1.28 bits per heavy atom. The highest BCUT2D eigenvalue weighted by Crippen LogP contribution is 2.57. The Kier molecular flexibility index (Phi) is 8.43. The Labute approximate surface area is 332 Å². The first-order valence-corrected chi connectivity index (χ1v) is 19.2. The molecule has 0 saturated heterocycles. The SMILES string of the molecule is N#Cc1cccc(-c2ccc3c(c2)C(c2ccccc2)(c2ccccc2)c2cc(-c4ccc(-c5nc(-c6ccccc6)cc(-c6ccccc6)n5)cc4)ccc2-3)c1. The molecule has 0 saturated carbocycles. The molecule has 3 heteroatoms. The summed E-state index contributed by atoms with van der Waals surface area (Å²) in [6, 6.07) is 77.0. The average Bonchev–Trinajstić information content (AvgIpc) is 3.60. The van der Waals surface area contributed by atoms with Gasteiger partial charge in [0.1, 0.15) is 0 Å². The third-order valence-electron chi connectivity index (χ3n) is 11.2. The van der Waals surface area contributed by atoms with Gasteiger partial charge in [-0.1, -0.05) is 182 Å². The van der Waals surface area contributed by atoms with Gasteiger partial charge in [0, 0.05) is 16.7 Å². The van der Waals surface area contributed by atoms with Crippen LogP contribution in [0.3, 0.4) is 0 Å². The van der Waals surface area contributed by atoms with Crippen LogP contribution < -0.4 is 0 Å². The van der Waals surface area contributed by atoms with Gasteiger partial charge >= 0.3 is 0 Å². The van der Waals surface area contributed by atoms with E-state index in [1.165, 1.54) is 33.4 Å². The molecule has 8 aromatic carbocycles. The molecule has 57 heavy (non-hydrogen) atoms. The van der Waals surface area contributed by atoms with E-state index in [1.807, 2.05) is 54.6 Å². The van der Waals surface area contributed by atoms with Gasteiger partial charge < -0.3 is 0 Å². The predicted octanol–water partition coefficient (Wildman–Crippen LogP) is 13.0. The second-order valence-electron chi connectivity index (χ2n) is 14.5. The number of aromatic nitrogens is 2. The van der Waals surface area contributed by atoms with E-state index in [2.05, 4.69) is 164 Å². The second-order valence-corrected chi connectivity index (χ2v) is 14.5. The van der Waals surface area contributed by atoms with E-state index in [-0.39, 0.29) is 0 Å². The van der Waals surface area contributed by atoms with E-state index in [0.717, 1.165) is 50.3 Å². The zero-order chi connectivity index (χ0) is 38.2. The van der Waals surface area contributed by atoms with Crippen molar-refractivity contribution in [3.8, 4) is 73.4 Å². The molecule has 3 nitrogen and oxygen atoms in total. The van der Waals surface area contributed by atoms with Crippen LogP contribution in [0.25, 0.3) is 67.3 Å². The molecule has 0 aliphatic heterocycles. The number of benzene rings is 8. The van der Waals surface area contributed by atoms with E-state index < -0.39 is 5.41 Å². The molecular weight excluding hydrogens is 691 g/mol. The lowest BCUT2D eigenvalue weighted by atomic mass is 9.67. The molecule has 0 atom stereocenters. The van der Waals surface area contributed by atoms with E-state index >= 15 is 0 Å². The Morgan fingerprint density at radius 2 is 0.772 bits per heavy atom. The first-order chi connectivity index (χ1) is 28.2. The molecule has 9 aromatic rings. The van der Waals surface area contributed by atoms with Gasteiger partial charge in [0.25, 0.3) is 0 Å². The van der Waals surface area contributed by atoms with Crippen molar-refractivity contribution in [3.05, 3.63) is 240 Å². The quantitative estimate of drug-likeness (QED) is 0.164. The molecule has 1 aliphatic carbocycles. The van der Waals surface area contributed by atoms with Crippen LogP contribution in [0, 0.1) is 11.3 Å². The summed E-state index contributed by atoms with van der Waals surface area (Å²) < 4.78 is 0. The maximum Gasteiger partial charge on any atom is 0.160 e. The lowest BCUT2D eigenvalue weighted by molar-refractivity contribution is 0.769. The van der Waals surface area contributed by atoms with Crippen LogP contribution in [-0.2, 0) is 5.41 Å². The van der Waals surface area contributed by atoms with Crippen LogP contribution in [0.1, 0.15) is 27.8 Å². The van der Waals surface area contributed by atoms with Crippen molar-refractivity contribution >= 4 is 0 Å². The molecule has 1 heterocycles. The molecule has 0 fully saturated rings. The fourth-order valence-electron chi connectivity index (χ4n) is 8.52. The van der Waals surface area contributed by atoms with Crippen molar-refractivity contribution in [2.45, 2.75) is 5.41 Å². The normalized spacial score (nSPS) is 12.3. The summed E-state index contributed by atoms with van der Waals surface area (Å²) in [6.07, 6.45) is 0. The molecule has 0 radical (unpaired) electrons. The number of fused-ring (bicyclic) bond motifs is 3. The summed E-state index contributed by atoms with van der Waals surface area (Å²) in [6.45, 7) is 0. The van der Waals surface area contributed by atoms with Crippen molar-refractivity contribution in [1.29, 1.82) is 5.26 Å². The lowest BCUT2D eigenvalue weighted by Gasteiger charge is -2.34. The maximum atomic E-state index is 9.71. The van der Waals surface area contributed by atoms with Crippen LogP contribution in [0.2, 0.25) is 0 Å². The van der Waals surface area contributed by atoms with Crippen molar-refractivity contribution in [3.63, 3.8) is 0 Å². The van der Waals surface area contributed by atoms with Gasteiger partial charge in [0.05, 0.1) is 28.4 Å². The van der Waals surface area contributed by atoms with Gasteiger partial charge in [0.15, 0.2) is 5.82 Å². The molecule has 0 amide bonds. The third kappa shape index (κ3) is 5.92. The van der Waals surface area contributed by atoms with Gasteiger partial charge in [-0.05, 0) is 86.0 Å². The molecule has 1 aromatic heterocycles. The first kappa shape index (κ1) is 33.9. The van der Waals surface area contributed by atoms with Crippen molar-refractivity contribution in [1.82, 2.24) is 9.97 Å². The second kappa shape index (κ2) is 14.2. The van der Waals surface area contributed by atoms with Crippen LogP contribution in [-0.4, -0.2) is 9.97 Å². The number of nitriles is 1. The van der Waals surface area contributed by atoms with E-state index in [0.29, 0.717) is 11.4 Å². The van der Waals surface area contributed by atoms with Crippen LogP contribution in [0.4, 0.5) is 0 Å². The van der Waals surface area contributed by atoms with Gasteiger partial charge in [-0.25, -0.2) is 9.97 Å². The van der Waals surface area contributed by atoms with E-state index in [1.54, 1.807) is 0 Å². The highest BCUT2D eigenvalue weighted by Gasteiger charge is 2.46. The summed E-state index contributed by atoms with van der Waals surface area (Å²) in [5.41, 5.74) is 16.6. The van der Waals surface area contributed by atoms with Gasteiger partial charge in [-0.3, -0.25) is 0 Å². The molecular formula is C54H35N3. The monoisotopic (exact) mass is 725 g/mol. The van der Waals surface area contributed by atoms with Crippen LogP contribution in [0.15, 0.2) is 212 Å². The third-order valence-corrected chi connectivity index (χ3v) is 11.2. The van der Waals surface area contributed by atoms with Crippen LogP contribution in [0.5, 0.6) is 0 Å². The molecule has 0 bridgehead atoms. The minimum atomic E-state index is -0.578. The van der Waals surface area contributed by atoms with Gasteiger partial charge in [-0.2, -0.15) is 5.26 Å². The van der Waals surface area contributed by atoms with E-state index in [9.17, 15) is 5.26 Å². The Hall–Kier alpha value is -7.67. The first-order valence-electron chi connectivity index (χ1n) is 19.2.